The number of nitrogens with one attached hydrogen (secondary N) is 1. The molecule has 1 rings (SSSR count). The van der Waals surface area contributed by atoms with Crippen molar-refractivity contribution < 1.29 is 4.74 Å². The van der Waals surface area contributed by atoms with Crippen molar-refractivity contribution in [3.63, 3.8) is 0 Å². The average Bonchev–Trinajstić information content (AvgIpc) is 2.33. The summed E-state index contributed by atoms with van der Waals surface area (Å²) in [6.07, 6.45) is 1.86. The van der Waals surface area contributed by atoms with Gasteiger partial charge in [-0.25, -0.2) is 0 Å². The molecule has 0 spiro atoms. The van der Waals surface area contributed by atoms with Crippen molar-refractivity contribution in [1.82, 2.24) is 10.3 Å². The van der Waals surface area contributed by atoms with E-state index in [0.29, 0.717) is 0 Å². The van der Waals surface area contributed by atoms with Crippen molar-refractivity contribution >= 4 is 5.69 Å². The maximum Gasteiger partial charge on any atom is 0.0637 e. The monoisotopic (exact) mass is 251 g/mol. The molecule has 1 aromatic rings. The zero-order valence-corrected chi connectivity index (χ0v) is 12.2. The van der Waals surface area contributed by atoms with E-state index in [0.717, 1.165) is 25.4 Å². The van der Waals surface area contributed by atoms with E-state index in [1.54, 1.807) is 7.11 Å². The van der Waals surface area contributed by atoms with E-state index in [2.05, 4.69) is 49.1 Å². The molecule has 18 heavy (non-hydrogen) atoms. The molecule has 0 fully saturated rings. The Labute approximate surface area is 110 Å². The third kappa shape index (κ3) is 5.47. The van der Waals surface area contributed by atoms with Gasteiger partial charge in [0, 0.05) is 44.7 Å². The fourth-order valence-electron chi connectivity index (χ4n) is 1.51. The van der Waals surface area contributed by atoms with Gasteiger partial charge in [-0.05, 0) is 32.9 Å². The van der Waals surface area contributed by atoms with Crippen molar-refractivity contribution in [1.29, 1.82) is 0 Å². The molecule has 102 valence electrons. The van der Waals surface area contributed by atoms with Crippen LogP contribution in [0, 0.1) is 0 Å². The summed E-state index contributed by atoms with van der Waals surface area (Å²) >= 11 is 0. The molecule has 0 aromatic carbocycles. The van der Waals surface area contributed by atoms with Crippen LogP contribution >= 0.6 is 0 Å². The molecule has 0 aliphatic rings. The summed E-state index contributed by atoms with van der Waals surface area (Å²) in [6, 6.07) is 4.14. The van der Waals surface area contributed by atoms with Gasteiger partial charge in [0.15, 0.2) is 0 Å². The number of nitrogens with zero attached hydrogens (tertiary/aromatic N) is 2. The molecule has 1 heterocycles. The van der Waals surface area contributed by atoms with Crippen LogP contribution in [0.5, 0.6) is 0 Å². The molecule has 0 saturated carbocycles. The van der Waals surface area contributed by atoms with Crippen LogP contribution in [-0.2, 0) is 11.3 Å². The van der Waals surface area contributed by atoms with Crippen molar-refractivity contribution in [2.24, 2.45) is 0 Å². The first-order chi connectivity index (χ1) is 8.42. The van der Waals surface area contributed by atoms with Crippen LogP contribution in [0.4, 0.5) is 5.69 Å². The summed E-state index contributed by atoms with van der Waals surface area (Å²) in [6.45, 7) is 8.86. The molecule has 0 unspecified atom stereocenters. The zero-order valence-electron chi connectivity index (χ0n) is 12.2. The molecular formula is C14H25N3O. The SMILES string of the molecule is COCCN(C)c1ccnc(CNC(C)(C)C)c1. The minimum Gasteiger partial charge on any atom is -0.383 e. The summed E-state index contributed by atoms with van der Waals surface area (Å²) in [7, 11) is 3.79. The predicted molar refractivity (Wildman–Crippen MR) is 76.0 cm³/mol. The van der Waals surface area contributed by atoms with Crippen molar-refractivity contribution in [3.8, 4) is 0 Å². The molecule has 0 amide bonds. The Morgan fingerprint density at radius 1 is 1.39 bits per heavy atom. The van der Waals surface area contributed by atoms with Crippen LogP contribution in [0.1, 0.15) is 26.5 Å². The second kappa shape index (κ2) is 6.71. The van der Waals surface area contributed by atoms with Crippen LogP contribution in [0.25, 0.3) is 0 Å². The Balaban J connectivity index is 2.61. The van der Waals surface area contributed by atoms with E-state index < -0.39 is 0 Å². The number of hydrogen-bond donors (Lipinski definition) is 1. The first kappa shape index (κ1) is 14.9. The van der Waals surface area contributed by atoms with Gasteiger partial charge in [-0.1, -0.05) is 0 Å². The molecule has 0 radical (unpaired) electrons. The van der Waals surface area contributed by atoms with Gasteiger partial charge in [-0.2, -0.15) is 0 Å². The average molecular weight is 251 g/mol. The van der Waals surface area contributed by atoms with Crippen LogP contribution in [0.3, 0.4) is 0 Å². The predicted octanol–water partition coefficient (Wildman–Crippen LogP) is 2.05. The molecule has 0 saturated heterocycles. The quantitative estimate of drug-likeness (QED) is 0.839. The zero-order chi connectivity index (χ0) is 13.6. The van der Waals surface area contributed by atoms with Gasteiger partial charge in [-0.3, -0.25) is 4.98 Å². The largest absolute Gasteiger partial charge is 0.383 e. The van der Waals surface area contributed by atoms with E-state index >= 15 is 0 Å². The standard InChI is InChI=1S/C14H25N3O/c1-14(2,3)16-11-12-10-13(6-7-15-12)17(4)8-9-18-5/h6-7,10,16H,8-9,11H2,1-5H3. The Morgan fingerprint density at radius 3 is 2.72 bits per heavy atom. The number of aromatic nitrogens is 1. The molecule has 0 atom stereocenters. The van der Waals surface area contributed by atoms with Crippen LogP contribution in [-0.4, -0.2) is 37.8 Å². The fraction of sp³-hybridized carbons (Fsp3) is 0.643. The minimum absolute atomic E-state index is 0.111. The second-order valence-electron chi connectivity index (χ2n) is 5.52. The fourth-order valence-corrected chi connectivity index (χ4v) is 1.51. The van der Waals surface area contributed by atoms with Gasteiger partial charge in [0.1, 0.15) is 0 Å². The Morgan fingerprint density at radius 2 is 2.11 bits per heavy atom. The lowest BCUT2D eigenvalue weighted by atomic mass is 10.1. The van der Waals surface area contributed by atoms with Crippen LogP contribution < -0.4 is 10.2 Å². The summed E-state index contributed by atoms with van der Waals surface area (Å²) < 4.78 is 5.09. The van der Waals surface area contributed by atoms with E-state index in [1.807, 2.05) is 12.3 Å². The summed E-state index contributed by atoms with van der Waals surface area (Å²) in [4.78, 5) is 6.56. The van der Waals surface area contributed by atoms with E-state index in [1.165, 1.54) is 5.69 Å². The number of pyridine rings is 1. The van der Waals surface area contributed by atoms with Crippen molar-refractivity contribution in [2.75, 3.05) is 32.2 Å². The topological polar surface area (TPSA) is 37.4 Å². The van der Waals surface area contributed by atoms with Gasteiger partial charge >= 0.3 is 0 Å². The van der Waals surface area contributed by atoms with Crippen molar-refractivity contribution in [2.45, 2.75) is 32.9 Å². The molecule has 1 aromatic heterocycles. The van der Waals surface area contributed by atoms with Gasteiger partial charge in [0.2, 0.25) is 0 Å². The van der Waals surface area contributed by atoms with E-state index in [9.17, 15) is 0 Å². The maximum absolute atomic E-state index is 5.09. The number of anilines is 1. The molecule has 0 aliphatic heterocycles. The highest BCUT2D eigenvalue weighted by Crippen LogP contribution is 2.13. The molecule has 1 N–H and O–H groups in total. The van der Waals surface area contributed by atoms with E-state index in [-0.39, 0.29) is 5.54 Å². The number of hydrogen-bond acceptors (Lipinski definition) is 4. The second-order valence-corrected chi connectivity index (χ2v) is 5.52. The smallest absolute Gasteiger partial charge is 0.0637 e. The Hall–Kier alpha value is -1.13. The van der Waals surface area contributed by atoms with E-state index in [4.69, 9.17) is 4.74 Å². The molecule has 0 aliphatic carbocycles. The summed E-state index contributed by atoms with van der Waals surface area (Å²) in [5.41, 5.74) is 2.35. The molecule has 4 heteroatoms. The van der Waals surface area contributed by atoms with Crippen molar-refractivity contribution in [3.05, 3.63) is 24.0 Å². The summed E-state index contributed by atoms with van der Waals surface area (Å²) in [5.74, 6) is 0. The highest BCUT2D eigenvalue weighted by atomic mass is 16.5. The maximum atomic E-state index is 5.09. The highest BCUT2D eigenvalue weighted by Gasteiger charge is 2.09. The number of ether oxygens (including phenoxy) is 1. The minimum atomic E-state index is 0.111. The van der Waals surface area contributed by atoms with Gasteiger partial charge in [0.25, 0.3) is 0 Å². The third-order valence-corrected chi connectivity index (χ3v) is 2.67. The van der Waals surface area contributed by atoms with Crippen LogP contribution in [0.15, 0.2) is 18.3 Å². The number of methoxy groups -OCH3 is 1. The van der Waals surface area contributed by atoms with Gasteiger partial charge in [0.05, 0.1) is 12.3 Å². The highest BCUT2D eigenvalue weighted by molar-refractivity contribution is 5.45. The Bertz CT molecular complexity index is 360. The van der Waals surface area contributed by atoms with Gasteiger partial charge < -0.3 is 15.0 Å². The van der Waals surface area contributed by atoms with Crippen LogP contribution in [0.2, 0.25) is 0 Å². The lowest BCUT2D eigenvalue weighted by Gasteiger charge is -2.22. The molecule has 0 bridgehead atoms. The Kier molecular flexibility index (Phi) is 5.56. The summed E-state index contributed by atoms with van der Waals surface area (Å²) in [5, 5.41) is 3.44. The molecule has 4 nitrogen and oxygen atoms in total. The first-order valence-corrected chi connectivity index (χ1v) is 6.32. The number of rotatable bonds is 6. The first-order valence-electron chi connectivity index (χ1n) is 6.32. The number of likely N-dealkylation sites (N-methyl/N-ethyl adjacent to an activating group) is 1. The normalized spacial score (nSPS) is 11.6. The lowest BCUT2D eigenvalue weighted by Crippen LogP contribution is -2.35. The molecular weight excluding hydrogens is 226 g/mol. The lowest BCUT2D eigenvalue weighted by molar-refractivity contribution is 0.206. The third-order valence-electron chi connectivity index (χ3n) is 2.67. The van der Waals surface area contributed by atoms with Gasteiger partial charge in [-0.15, -0.1) is 0 Å².